The highest BCUT2D eigenvalue weighted by Gasteiger charge is 2.38. The van der Waals surface area contributed by atoms with Crippen LogP contribution in [0.15, 0.2) is 0 Å². The summed E-state index contributed by atoms with van der Waals surface area (Å²) in [4.78, 5) is 46.2. The molecule has 3 unspecified atom stereocenters. The molecule has 5 atom stereocenters. The molecular formula is C27H47F3N4O6. The summed E-state index contributed by atoms with van der Waals surface area (Å²) in [7, 11) is 0. The number of nitrogens with one attached hydrogen (secondary N) is 3. The van der Waals surface area contributed by atoms with Crippen molar-refractivity contribution in [3.63, 3.8) is 0 Å². The molecule has 3 amide bonds. The lowest BCUT2D eigenvalue weighted by molar-refractivity contribution is -0.192. The van der Waals surface area contributed by atoms with Crippen molar-refractivity contribution in [3.8, 4) is 0 Å². The van der Waals surface area contributed by atoms with Crippen LogP contribution < -0.4 is 21.7 Å². The fourth-order valence-corrected chi connectivity index (χ4v) is 5.31. The van der Waals surface area contributed by atoms with Gasteiger partial charge in [0.2, 0.25) is 5.91 Å². The summed E-state index contributed by atoms with van der Waals surface area (Å²) in [6.07, 6.45) is 6.27. The van der Waals surface area contributed by atoms with Crippen LogP contribution in [-0.4, -0.2) is 65.4 Å². The van der Waals surface area contributed by atoms with Gasteiger partial charge in [0, 0.05) is 6.54 Å². The van der Waals surface area contributed by atoms with E-state index in [1.165, 1.54) is 12.8 Å². The number of amides is 3. The third-order valence-electron chi connectivity index (χ3n) is 7.98. The summed E-state index contributed by atoms with van der Waals surface area (Å²) in [6.45, 7) is 5.70. The van der Waals surface area contributed by atoms with E-state index in [1.54, 1.807) is 0 Å². The van der Waals surface area contributed by atoms with Gasteiger partial charge in [-0.05, 0) is 68.7 Å². The van der Waals surface area contributed by atoms with Crippen LogP contribution in [0.3, 0.4) is 0 Å². The van der Waals surface area contributed by atoms with Crippen LogP contribution in [0.5, 0.6) is 0 Å². The van der Waals surface area contributed by atoms with Crippen LogP contribution in [0.25, 0.3) is 0 Å². The molecule has 13 heteroatoms. The first-order valence-electron chi connectivity index (χ1n) is 14.3. The molecule has 0 aliphatic heterocycles. The quantitative estimate of drug-likeness (QED) is 0.189. The van der Waals surface area contributed by atoms with Gasteiger partial charge in [-0.2, -0.15) is 13.2 Å². The number of halogens is 3. The Hall–Kier alpha value is -2.57. The van der Waals surface area contributed by atoms with Crippen molar-refractivity contribution in [1.82, 2.24) is 16.0 Å². The number of unbranched alkanes of at least 4 members (excludes halogenated alkanes) is 1. The molecule has 0 aromatic rings. The minimum absolute atomic E-state index is 0.156. The van der Waals surface area contributed by atoms with Crippen LogP contribution in [0.4, 0.5) is 18.0 Å². The fraction of sp³-hybridized carbons (Fsp3) is 0.852. The van der Waals surface area contributed by atoms with E-state index < -0.39 is 36.2 Å². The van der Waals surface area contributed by atoms with Crippen LogP contribution in [-0.2, 0) is 14.4 Å². The van der Waals surface area contributed by atoms with Gasteiger partial charge in [-0.3, -0.25) is 4.79 Å². The second-order valence-electron chi connectivity index (χ2n) is 11.3. The predicted octanol–water partition coefficient (Wildman–Crippen LogP) is 4.03. The Balaban J connectivity index is 0.00000101. The lowest BCUT2D eigenvalue weighted by Crippen LogP contribution is -2.54. The number of rotatable bonds is 12. The molecule has 2 fully saturated rings. The number of carbonyl (C=O) groups excluding carboxylic acids is 2. The number of urea groups is 1. The third kappa shape index (κ3) is 14.2. The summed E-state index contributed by atoms with van der Waals surface area (Å²) in [5, 5.41) is 25.0. The fourth-order valence-electron chi connectivity index (χ4n) is 5.31. The number of alkyl halides is 3. The van der Waals surface area contributed by atoms with Crippen molar-refractivity contribution in [2.45, 2.75) is 109 Å². The lowest BCUT2D eigenvalue weighted by Gasteiger charge is -2.33. The topological polar surface area (TPSA) is 171 Å². The summed E-state index contributed by atoms with van der Waals surface area (Å²) >= 11 is 0. The van der Waals surface area contributed by atoms with Crippen LogP contribution >= 0.6 is 0 Å². The van der Waals surface area contributed by atoms with Crippen LogP contribution in [0.1, 0.15) is 90.9 Å². The molecule has 0 spiro atoms. The van der Waals surface area contributed by atoms with Gasteiger partial charge in [0.1, 0.15) is 12.1 Å². The highest BCUT2D eigenvalue weighted by atomic mass is 19.4. The monoisotopic (exact) mass is 580 g/mol. The van der Waals surface area contributed by atoms with E-state index in [0.29, 0.717) is 56.5 Å². The SMILES string of the molecule is CC1CCC(CNC(=O)[C@@H](CC2CCCCC2)NC(=O)N[C@@H](CCCCN)C(=O)O)CC1C.O=C(O)C(F)(F)F. The van der Waals surface area contributed by atoms with Gasteiger partial charge < -0.3 is 31.9 Å². The number of hydrogen-bond acceptors (Lipinski definition) is 5. The maximum atomic E-state index is 13.1. The molecule has 0 saturated heterocycles. The molecule has 2 aliphatic carbocycles. The van der Waals surface area contributed by atoms with E-state index in [-0.39, 0.29) is 5.91 Å². The minimum atomic E-state index is -5.08. The molecule has 2 saturated carbocycles. The Kier molecular flexibility index (Phi) is 15.9. The van der Waals surface area contributed by atoms with Crippen molar-refractivity contribution >= 4 is 23.9 Å². The number of hydrogen-bond donors (Lipinski definition) is 6. The Morgan fingerprint density at radius 2 is 1.48 bits per heavy atom. The second-order valence-corrected chi connectivity index (χ2v) is 11.3. The summed E-state index contributed by atoms with van der Waals surface area (Å²) in [5.74, 6) is -1.71. The van der Waals surface area contributed by atoms with E-state index in [0.717, 1.165) is 44.4 Å². The number of nitrogens with two attached hydrogens (primary N) is 1. The summed E-state index contributed by atoms with van der Waals surface area (Å²) in [5.41, 5.74) is 5.49. The first kappa shape index (κ1) is 35.5. The zero-order valence-electron chi connectivity index (χ0n) is 23.6. The average molecular weight is 581 g/mol. The first-order valence-corrected chi connectivity index (χ1v) is 14.3. The molecule has 0 radical (unpaired) electrons. The van der Waals surface area contributed by atoms with E-state index in [9.17, 15) is 32.7 Å². The van der Waals surface area contributed by atoms with Gasteiger partial charge >= 0.3 is 24.1 Å². The minimum Gasteiger partial charge on any atom is -0.480 e. The van der Waals surface area contributed by atoms with Gasteiger partial charge in [0.25, 0.3) is 0 Å². The molecule has 0 aromatic carbocycles. The zero-order valence-corrected chi connectivity index (χ0v) is 23.6. The normalized spacial score (nSPS) is 23.1. The molecule has 0 aromatic heterocycles. The van der Waals surface area contributed by atoms with Crippen molar-refractivity contribution in [1.29, 1.82) is 0 Å². The number of carboxylic acids is 2. The second kappa shape index (κ2) is 18.0. The highest BCUT2D eigenvalue weighted by molar-refractivity contribution is 5.88. The molecule has 40 heavy (non-hydrogen) atoms. The smallest absolute Gasteiger partial charge is 0.480 e. The molecule has 2 aliphatic rings. The van der Waals surface area contributed by atoms with E-state index in [2.05, 4.69) is 29.8 Å². The lowest BCUT2D eigenvalue weighted by atomic mass is 9.76. The van der Waals surface area contributed by atoms with Gasteiger partial charge in [0.05, 0.1) is 0 Å². The van der Waals surface area contributed by atoms with E-state index >= 15 is 0 Å². The Bertz CT molecular complexity index is 808. The van der Waals surface area contributed by atoms with Crippen molar-refractivity contribution in [3.05, 3.63) is 0 Å². The molecule has 2 rings (SSSR count). The summed E-state index contributed by atoms with van der Waals surface area (Å²) in [6, 6.07) is -2.22. The van der Waals surface area contributed by atoms with Crippen LogP contribution in [0, 0.1) is 23.7 Å². The van der Waals surface area contributed by atoms with E-state index in [4.69, 9.17) is 15.6 Å². The number of carboxylic acid groups (broad SMARTS) is 2. The average Bonchev–Trinajstić information content (AvgIpc) is 2.88. The Labute approximate surface area is 234 Å². The van der Waals surface area contributed by atoms with Gasteiger partial charge in [0.15, 0.2) is 0 Å². The zero-order chi connectivity index (χ0) is 30.3. The Morgan fingerprint density at radius 1 is 0.875 bits per heavy atom. The first-order chi connectivity index (χ1) is 18.7. The van der Waals surface area contributed by atoms with E-state index in [1.807, 2.05) is 0 Å². The largest absolute Gasteiger partial charge is 0.490 e. The standard InChI is InChI=1S/C25H46N4O4.C2HF3O2/c1-17-11-12-20(14-18(17)2)16-27-23(30)22(15-19-8-4-3-5-9-19)29-25(33)28-21(24(31)32)10-6-7-13-26;3-2(4,5)1(6)7/h17-22H,3-16,26H2,1-2H3,(H,27,30)(H,31,32)(H2,28,29,33);(H,6,7)/t17?,18?,20?,21-,22+;/m0./s1. The molecular weight excluding hydrogens is 533 g/mol. The van der Waals surface area contributed by atoms with Crippen molar-refractivity contribution < 1.29 is 42.6 Å². The number of carbonyl (C=O) groups is 4. The highest BCUT2D eigenvalue weighted by Crippen LogP contribution is 2.33. The molecule has 0 bridgehead atoms. The maximum absolute atomic E-state index is 13.1. The molecule has 232 valence electrons. The predicted molar refractivity (Wildman–Crippen MR) is 143 cm³/mol. The van der Waals surface area contributed by atoms with Crippen molar-refractivity contribution in [2.75, 3.05) is 13.1 Å². The number of aliphatic carboxylic acids is 2. The van der Waals surface area contributed by atoms with Gasteiger partial charge in [-0.1, -0.05) is 52.4 Å². The molecule has 0 heterocycles. The molecule has 7 N–H and O–H groups in total. The van der Waals surface area contributed by atoms with Gasteiger partial charge in [-0.15, -0.1) is 0 Å². The summed E-state index contributed by atoms with van der Waals surface area (Å²) < 4.78 is 31.7. The molecule has 10 nitrogen and oxygen atoms in total. The third-order valence-corrected chi connectivity index (χ3v) is 7.98. The Morgan fingerprint density at radius 3 is 2.00 bits per heavy atom. The maximum Gasteiger partial charge on any atom is 0.490 e. The van der Waals surface area contributed by atoms with Gasteiger partial charge in [-0.25, -0.2) is 14.4 Å². The van der Waals surface area contributed by atoms with Crippen LogP contribution in [0.2, 0.25) is 0 Å². The van der Waals surface area contributed by atoms with Crippen molar-refractivity contribution in [2.24, 2.45) is 29.4 Å².